The van der Waals surface area contributed by atoms with Gasteiger partial charge in [0.05, 0.1) is 6.04 Å². The van der Waals surface area contributed by atoms with Crippen molar-refractivity contribution in [1.82, 2.24) is 5.32 Å². The number of fused-ring (bicyclic) bond motifs is 1. The molecule has 22 heavy (non-hydrogen) atoms. The summed E-state index contributed by atoms with van der Waals surface area (Å²) in [4.78, 5) is 0. The molecule has 2 atom stereocenters. The molecule has 1 aliphatic rings. The van der Waals surface area contributed by atoms with Crippen LogP contribution in [0, 0.1) is 0 Å². The van der Waals surface area contributed by atoms with Gasteiger partial charge in [-0.2, -0.15) is 0 Å². The molecule has 0 aliphatic carbocycles. The first kappa shape index (κ1) is 17.6. The molecule has 1 aromatic rings. The first-order valence-electron chi connectivity index (χ1n) is 5.85. The molecule has 0 aromatic carbocycles. The topological polar surface area (TPSA) is 187 Å². The van der Waals surface area contributed by atoms with E-state index >= 15 is 0 Å². The van der Waals surface area contributed by atoms with Gasteiger partial charge in [-0.05, 0) is 6.54 Å². The minimum absolute atomic E-state index is 0.111. The molecular formula is C9H14N2O8S3. The number of aliphatic hydroxyl groups is 3. The van der Waals surface area contributed by atoms with E-state index in [1.54, 1.807) is 6.92 Å². The average Bonchev–Trinajstić information content (AvgIpc) is 2.71. The van der Waals surface area contributed by atoms with Crippen molar-refractivity contribution in [2.24, 2.45) is 5.14 Å². The number of sulfonamides is 1. The standard InChI is InChI=1S/C9H14N2O8S3/c1-2-11-5-3-4(12)7(22(10,18)19)20-6(3)21(16,17)8(13)9(5,14)15/h5,8,11-15H,2H2,1H3,(H2,10,18,19). The molecule has 0 saturated carbocycles. The number of nitrogens with two attached hydrogens (primary N) is 1. The Morgan fingerprint density at radius 2 is 1.95 bits per heavy atom. The zero-order valence-corrected chi connectivity index (χ0v) is 13.5. The van der Waals surface area contributed by atoms with Crippen LogP contribution in [-0.2, 0) is 19.9 Å². The van der Waals surface area contributed by atoms with E-state index < -0.39 is 56.9 Å². The maximum absolute atomic E-state index is 12.1. The third-order valence-corrected chi connectivity index (χ3v) is 8.21. The van der Waals surface area contributed by atoms with Gasteiger partial charge in [-0.15, -0.1) is 11.3 Å². The Balaban J connectivity index is 2.89. The molecule has 0 amide bonds. The zero-order chi connectivity index (χ0) is 17.1. The molecule has 13 heteroatoms. The van der Waals surface area contributed by atoms with Crippen LogP contribution < -0.4 is 10.5 Å². The number of hydrogen-bond acceptors (Lipinski definition) is 10. The highest BCUT2D eigenvalue weighted by Gasteiger charge is 2.58. The van der Waals surface area contributed by atoms with Crippen molar-refractivity contribution in [2.75, 3.05) is 6.54 Å². The van der Waals surface area contributed by atoms with E-state index in [4.69, 9.17) is 5.14 Å². The van der Waals surface area contributed by atoms with Crippen LogP contribution in [0.5, 0.6) is 5.75 Å². The fraction of sp³-hybridized carbons (Fsp3) is 0.556. The van der Waals surface area contributed by atoms with Crippen LogP contribution in [-0.4, -0.2) is 55.0 Å². The molecule has 1 aliphatic heterocycles. The smallest absolute Gasteiger partial charge is 0.251 e. The summed E-state index contributed by atoms with van der Waals surface area (Å²) in [6.07, 6.45) is 0. The minimum atomic E-state index is -4.69. The minimum Gasteiger partial charge on any atom is -0.505 e. The second-order valence-electron chi connectivity index (χ2n) is 4.66. The van der Waals surface area contributed by atoms with Crippen molar-refractivity contribution in [3.63, 3.8) is 0 Å². The highest BCUT2D eigenvalue weighted by molar-refractivity contribution is 7.95. The van der Waals surface area contributed by atoms with Gasteiger partial charge in [0.2, 0.25) is 21.1 Å². The van der Waals surface area contributed by atoms with Gasteiger partial charge in [0.1, 0.15) is 4.21 Å². The van der Waals surface area contributed by atoms with Gasteiger partial charge < -0.3 is 25.7 Å². The molecule has 0 spiro atoms. The highest BCUT2D eigenvalue weighted by atomic mass is 32.3. The Morgan fingerprint density at radius 3 is 2.41 bits per heavy atom. The highest BCUT2D eigenvalue weighted by Crippen LogP contribution is 2.51. The van der Waals surface area contributed by atoms with E-state index in [9.17, 15) is 37.3 Å². The lowest BCUT2D eigenvalue weighted by Gasteiger charge is -2.38. The number of sulfone groups is 1. The molecule has 10 nitrogen and oxygen atoms in total. The Morgan fingerprint density at radius 1 is 1.41 bits per heavy atom. The fourth-order valence-electron chi connectivity index (χ4n) is 2.19. The van der Waals surface area contributed by atoms with Crippen LogP contribution >= 0.6 is 11.3 Å². The van der Waals surface area contributed by atoms with Crippen LogP contribution in [0.4, 0.5) is 0 Å². The van der Waals surface area contributed by atoms with Gasteiger partial charge in [0.25, 0.3) is 10.0 Å². The third kappa shape index (κ3) is 2.33. The molecule has 2 unspecified atom stereocenters. The number of rotatable bonds is 3. The molecule has 1 aromatic heterocycles. The van der Waals surface area contributed by atoms with Crippen LogP contribution in [0.2, 0.25) is 0 Å². The second kappa shape index (κ2) is 5.10. The van der Waals surface area contributed by atoms with E-state index in [1.165, 1.54) is 0 Å². The number of nitrogens with one attached hydrogen (secondary N) is 1. The Hall–Kier alpha value is -0.800. The van der Waals surface area contributed by atoms with E-state index in [1.807, 2.05) is 0 Å². The van der Waals surface area contributed by atoms with Crippen LogP contribution in [0.3, 0.4) is 0 Å². The van der Waals surface area contributed by atoms with Gasteiger partial charge in [-0.3, -0.25) is 0 Å². The predicted molar refractivity (Wildman–Crippen MR) is 74.1 cm³/mol. The summed E-state index contributed by atoms with van der Waals surface area (Å²) >= 11 is 0.137. The number of primary sulfonamides is 1. The Bertz CT molecular complexity index is 810. The van der Waals surface area contributed by atoms with E-state index in [-0.39, 0.29) is 17.9 Å². The van der Waals surface area contributed by atoms with Gasteiger partial charge in [-0.25, -0.2) is 22.0 Å². The second-order valence-corrected chi connectivity index (χ2v) is 9.64. The first-order valence-corrected chi connectivity index (χ1v) is 9.76. The van der Waals surface area contributed by atoms with Crippen molar-refractivity contribution in [1.29, 1.82) is 0 Å². The summed E-state index contributed by atoms with van der Waals surface area (Å²) in [5, 5.41) is 47.0. The molecule has 0 radical (unpaired) electrons. The average molecular weight is 374 g/mol. The summed E-state index contributed by atoms with van der Waals surface area (Å²) in [5.41, 5.74) is -3.17. The Labute approximate surface area is 129 Å². The number of aliphatic hydroxyl groups excluding tert-OH is 1. The van der Waals surface area contributed by atoms with E-state index in [0.717, 1.165) is 0 Å². The Kier molecular flexibility index (Phi) is 4.07. The lowest BCUT2D eigenvalue weighted by molar-refractivity contribution is -0.224. The van der Waals surface area contributed by atoms with Gasteiger partial charge in [0, 0.05) is 5.56 Å². The van der Waals surface area contributed by atoms with Crippen molar-refractivity contribution >= 4 is 31.2 Å². The summed E-state index contributed by atoms with van der Waals surface area (Å²) < 4.78 is 45.6. The van der Waals surface area contributed by atoms with Crippen molar-refractivity contribution in [2.45, 2.75) is 32.6 Å². The summed E-state index contributed by atoms with van der Waals surface area (Å²) in [7, 11) is -9.13. The normalized spacial score (nSPS) is 26.6. The number of aromatic hydroxyl groups is 1. The fourth-order valence-corrected chi connectivity index (χ4v) is 6.45. The largest absolute Gasteiger partial charge is 0.505 e. The van der Waals surface area contributed by atoms with Crippen LogP contribution in [0.25, 0.3) is 0 Å². The first-order chi connectivity index (χ1) is 9.86. The molecule has 7 N–H and O–H groups in total. The molecule has 0 bridgehead atoms. The molecule has 2 heterocycles. The molecule has 126 valence electrons. The molecular weight excluding hydrogens is 360 g/mol. The number of hydrogen-bond donors (Lipinski definition) is 6. The third-order valence-electron chi connectivity index (χ3n) is 3.15. The van der Waals surface area contributed by atoms with E-state index in [2.05, 4.69) is 5.32 Å². The molecule has 0 saturated heterocycles. The lowest BCUT2D eigenvalue weighted by atomic mass is 10.00. The van der Waals surface area contributed by atoms with Crippen LogP contribution in [0.15, 0.2) is 8.42 Å². The summed E-state index contributed by atoms with van der Waals surface area (Å²) in [6, 6.07) is -1.63. The zero-order valence-electron chi connectivity index (χ0n) is 11.1. The monoisotopic (exact) mass is 374 g/mol. The maximum atomic E-state index is 12.1. The SMILES string of the molecule is CCNC1c2c(sc(S(N)(=O)=O)c2O)S(=O)(=O)C(O)C1(O)O. The van der Waals surface area contributed by atoms with E-state index in [0.29, 0.717) is 0 Å². The lowest BCUT2D eigenvalue weighted by Crippen LogP contribution is -2.58. The van der Waals surface area contributed by atoms with Gasteiger partial charge >= 0.3 is 0 Å². The van der Waals surface area contributed by atoms with Crippen molar-refractivity contribution in [3.8, 4) is 5.75 Å². The van der Waals surface area contributed by atoms with Gasteiger partial charge in [0.15, 0.2) is 9.96 Å². The van der Waals surface area contributed by atoms with Gasteiger partial charge in [-0.1, -0.05) is 6.92 Å². The maximum Gasteiger partial charge on any atom is 0.251 e. The van der Waals surface area contributed by atoms with Crippen molar-refractivity contribution in [3.05, 3.63) is 5.56 Å². The van der Waals surface area contributed by atoms with Crippen molar-refractivity contribution < 1.29 is 37.3 Å². The molecule has 2 rings (SSSR count). The number of thiophene rings is 1. The predicted octanol–water partition coefficient (Wildman–Crippen LogP) is -2.46. The quantitative estimate of drug-likeness (QED) is 0.312. The molecule has 0 fully saturated rings. The summed E-state index contributed by atoms with van der Waals surface area (Å²) in [6.45, 7) is 1.66. The number of likely N-dealkylation sites (N-methyl/N-ethyl adjacent to an activating group) is 1. The summed E-state index contributed by atoms with van der Waals surface area (Å²) in [5.74, 6) is -4.16. The van der Waals surface area contributed by atoms with Crippen LogP contribution in [0.1, 0.15) is 18.5 Å².